The highest BCUT2D eigenvalue weighted by Gasteiger charge is 2.25. The lowest BCUT2D eigenvalue weighted by Crippen LogP contribution is -2.32. The van der Waals surface area contributed by atoms with Crippen LogP contribution in [0.3, 0.4) is 0 Å². The van der Waals surface area contributed by atoms with Gasteiger partial charge in [-0.25, -0.2) is 4.68 Å². The molecule has 0 bridgehead atoms. The van der Waals surface area contributed by atoms with E-state index in [4.69, 9.17) is 5.73 Å². The minimum atomic E-state index is 0.0496. The Kier molecular flexibility index (Phi) is 3.96. The summed E-state index contributed by atoms with van der Waals surface area (Å²) < 4.78 is 1.65. The van der Waals surface area contributed by atoms with E-state index in [9.17, 15) is 4.79 Å². The molecule has 2 aromatic rings. The number of para-hydroxylation sites is 2. The highest BCUT2D eigenvalue weighted by Crippen LogP contribution is 2.26. The first-order valence-electron chi connectivity index (χ1n) is 7.26. The van der Waals surface area contributed by atoms with Gasteiger partial charge in [-0.05, 0) is 37.8 Å². The third-order valence-corrected chi connectivity index (χ3v) is 3.97. The monoisotopic (exact) mass is 285 g/mol. The Morgan fingerprint density at radius 1 is 1.24 bits per heavy atom. The molecule has 1 aromatic carbocycles. The zero-order valence-corrected chi connectivity index (χ0v) is 11.8. The van der Waals surface area contributed by atoms with Crippen LogP contribution in [-0.2, 0) is 4.79 Å². The van der Waals surface area contributed by atoms with Crippen molar-refractivity contribution in [2.75, 3.05) is 5.32 Å². The molecule has 0 saturated heterocycles. The van der Waals surface area contributed by atoms with Gasteiger partial charge in [-0.15, -0.1) is 5.10 Å². The Morgan fingerprint density at radius 3 is 2.71 bits per heavy atom. The van der Waals surface area contributed by atoms with Gasteiger partial charge in [0.1, 0.15) is 0 Å². The summed E-state index contributed by atoms with van der Waals surface area (Å²) in [6, 6.07) is 7.83. The second-order valence-corrected chi connectivity index (χ2v) is 5.47. The fraction of sp³-hybridized carbons (Fsp3) is 0.400. The zero-order chi connectivity index (χ0) is 14.7. The maximum atomic E-state index is 12.4. The molecule has 0 unspecified atom stereocenters. The van der Waals surface area contributed by atoms with Gasteiger partial charge in [0.05, 0.1) is 23.8 Å². The number of hydrogen-bond acceptors (Lipinski definition) is 4. The molecule has 0 atom stereocenters. The van der Waals surface area contributed by atoms with Crippen LogP contribution in [-0.4, -0.2) is 26.9 Å². The van der Waals surface area contributed by atoms with Gasteiger partial charge < -0.3 is 11.1 Å². The number of hydrogen-bond donors (Lipinski definition) is 2. The van der Waals surface area contributed by atoms with E-state index in [-0.39, 0.29) is 17.9 Å². The minimum Gasteiger partial charge on any atom is -0.328 e. The van der Waals surface area contributed by atoms with E-state index in [1.54, 1.807) is 17.1 Å². The molecule has 1 heterocycles. The summed E-state index contributed by atoms with van der Waals surface area (Å²) in [6.45, 7) is 0. The molecule has 1 aliphatic carbocycles. The summed E-state index contributed by atoms with van der Waals surface area (Å²) in [5.41, 5.74) is 7.46. The van der Waals surface area contributed by atoms with Crippen LogP contribution in [0.4, 0.5) is 5.69 Å². The molecule has 1 aromatic heterocycles. The Bertz CT molecular complexity index is 602. The van der Waals surface area contributed by atoms with E-state index in [1.165, 1.54) is 0 Å². The molecule has 0 spiro atoms. The zero-order valence-electron chi connectivity index (χ0n) is 11.8. The van der Waals surface area contributed by atoms with Crippen molar-refractivity contribution in [3.05, 3.63) is 36.7 Å². The van der Waals surface area contributed by atoms with Crippen LogP contribution in [0.25, 0.3) is 5.69 Å². The maximum absolute atomic E-state index is 12.4. The fourth-order valence-electron chi connectivity index (χ4n) is 2.73. The highest BCUT2D eigenvalue weighted by atomic mass is 16.1. The van der Waals surface area contributed by atoms with E-state index in [0.717, 1.165) is 37.1 Å². The predicted molar refractivity (Wildman–Crippen MR) is 79.9 cm³/mol. The molecule has 1 aliphatic rings. The molecule has 3 N–H and O–H groups in total. The average molecular weight is 285 g/mol. The lowest BCUT2D eigenvalue weighted by molar-refractivity contribution is -0.120. The van der Waals surface area contributed by atoms with Crippen LogP contribution in [0.5, 0.6) is 0 Å². The number of amides is 1. The van der Waals surface area contributed by atoms with Crippen molar-refractivity contribution in [2.24, 2.45) is 11.7 Å². The van der Waals surface area contributed by atoms with Crippen LogP contribution >= 0.6 is 0 Å². The fourth-order valence-corrected chi connectivity index (χ4v) is 2.73. The molecule has 110 valence electrons. The lowest BCUT2D eigenvalue weighted by atomic mass is 9.86. The van der Waals surface area contributed by atoms with Crippen LogP contribution in [0, 0.1) is 5.92 Å². The molecular formula is C15H19N5O. The lowest BCUT2D eigenvalue weighted by Gasteiger charge is -2.25. The molecule has 0 aliphatic heterocycles. The van der Waals surface area contributed by atoms with Gasteiger partial charge in [0, 0.05) is 12.0 Å². The van der Waals surface area contributed by atoms with Crippen molar-refractivity contribution in [2.45, 2.75) is 31.7 Å². The number of benzene rings is 1. The molecule has 3 rings (SSSR count). The van der Waals surface area contributed by atoms with Gasteiger partial charge in [0.2, 0.25) is 5.91 Å². The molecule has 1 fully saturated rings. The van der Waals surface area contributed by atoms with Crippen molar-refractivity contribution >= 4 is 11.6 Å². The molecule has 6 nitrogen and oxygen atoms in total. The minimum absolute atomic E-state index is 0.0496. The molecule has 6 heteroatoms. The summed E-state index contributed by atoms with van der Waals surface area (Å²) in [4.78, 5) is 12.4. The van der Waals surface area contributed by atoms with Crippen molar-refractivity contribution < 1.29 is 4.79 Å². The van der Waals surface area contributed by atoms with E-state index in [2.05, 4.69) is 15.6 Å². The Balaban J connectivity index is 1.75. The van der Waals surface area contributed by atoms with Crippen molar-refractivity contribution in [1.82, 2.24) is 15.0 Å². The summed E-state index contributed by atoms with van der Waals surface area (Å²) in [6.07, 6.45) is 6.92. The van der Waals surface area contributed by atoms with Crippen molar-refractivity contribution in [1.29, 1.82) is 0 Å². The third kappa shape index (κ3) is 3.11. The van der Waals surface area contributed by atoms with Gasteiger partial charge in [0.15, 0.2) is 0 Å². The number of aromatic nitrogens is 3. The second-order valence-electron chi connectivity index (χ2n) is 5.47. The van der Waals surface area contributed by atoms with E-state index in [1.807, 2.05) is 24.3 Å². The van der Waals surface area contributed by atoms with E-state index in [0.29, 0.717) is 0 Å². The summed E-state index contributed by atoms with van der Waals surface area (Å²) >= 11 is 0. The van der Waals surface area contributed by atoms with Gasteiger partial charge in [-0.1, -0.05) is 17.3 Å². The normalized spacial score (nSPS) is 22.0. The topological polar surface area (TPSA) is 85.8 Å². The first kappa shape index (κ1) is 13.8. The number of nitrogens with zero attached hydrogens (tertiary/aromatic N) is 3. The summed E-state index contributed by atoms with van der Waals surface area (Å²) in [7, 11) is 0. The van der Waals surface area contributed by atoms with Crippen LogP contribution < -0.4 is 11.1 Å². The van der Waals surface area contributed by atoms with Gasteiger partial charge in [-0.3, -0.25) is 4.79 Å². The van der Waals surface area contributed by atoms with E-state index >= 15 is 0 Å². The Morgan fingerprint density at radius 2 is 2.00 bits per heavy atom. The molecular weight excluding hydrogens is 266 g/mol. The third-order valence-electron chi connectivity index (χ3n) is 3.97. The maximum Gasteiger partial charge on any atom is 0.227 e. The summed E-state index contributed by atoms with van der Waals surface area (Å²) in [5.74, 6) is 0.114. The summed E-state index contributed by atoms with van der Waals surface area (Å²) in [5, 5.41) is 10.8. The largest absolute Gasteiger partial charge is 0.328 e. The van der Waals surface area contributed by atoms with Crippen LogP contribution in [0.1, 0.15) is 25.7 Å². The Labute approximate surface area is 123 Å². The van der Waals surface area contributed by atoms with Gasteiger partial charge >= 0.3 is 0 Å². The highest BCUT2D eigenvalue weighted by molar-refractivity contribution is 5.94. The number of anilines is 1. The predicted octanol–water partition coefficient (Wildman–Crippen LogP) is 1.72. The number of nitrogens with one attached hydrogen (secondary N) is 1. The SMILES string of the molecule is NC1CCC(C(=O)Nc2ccccc2-n2ccnn2)CC1. The van der Waals surface area contributed by atoms with Gasteiger partial charge in [0.25, 0.3) is 0 Å². The smallest absolute Gasteiger partial charge is 0.227 e. The van der Waals surface area contributed by atoms with E-state index < -0.39 is 0 Å². The van der Waals surface area contributed by atoms with Gasteiger partial charge in [-0.2, -0.15) is 0 Å². The van der Waals surface area contributed by atoms with Crippen molar-refractivity contribution in [3.63, 3.8) is 0 Å². The number of nitrogens with two attached hydrogens (primary N) is 1. The number of carbonyl (C=O) groups excluding carboxylic acids is 1. The molecule has 1 amide bonds. The van der Waals surface area contributed by atoms with Crippen molar-refractivity contribution in [3.8, 4) is 5.69 Å². The standard InChI is InChI=1S/C15H19N5O/c16-12-7-5-11(6-8-12)15(21)18-13-3-1-2-4-14(13)20-10-9-17-19-20/h1-4,9-12H,5-8,16H2,(H,18,21). The average Bonchev–Trinajstić information content (AvgIpc) is 3.02. The Hall–Kier alpha value is -2.21. The molecule has 0 radical (unpaired) electrons. The second kappa shape index (κ2) is 6.05. The quantitative estimate of drug-likeness (QED) is 0.899. The molecule has 21 heavy (non-hydrogen) atoms. The van der Waals surface area contributed by atoms with Crippen LogP contribution in [0.15, 0.2) is 36.7 Å². The molecule has 1 saturated carbocycles. The number of carbonyl (C=O) groups is 1. The van der Waals surface area contributed by atoms with Crippen LogP contribution in [0.2, 0.25) is 0 Å². The first-order valence-corrected chi connectivity index (χ1v) is 7.26. The number of rotatable bonds is 3. The first-order chi connectivity index (χ1) is 10.2.